The van der Waals surface area contributed by atoms with Crippen molar-refractivity contribution in [1.29, 1.82) is 5.26 Å². The van der Waals surface area contributed by atoms with E-state index < -0.39 is 5.97 Å². The summed E-state index contributed by atoms with van der Waals surface area (Å²) in [7, 11) is 0. The summed E-state index contributed by atoms with van der Waals surface area (Å²) < 4.78 is 0. The van der Waals surface area contributed by atoms with Crippen LogP contribution in [0, 0.1) is 23.2 Å². The van der Waals surface area contributed by atoms with Crippen LogP contribution in [0.5, 0.6) is 0 Å². The van der Waals surface area contributed by atoms with E-state index in [1.54, 1.807) is 12.3 Å². The minimum absolute atomic E-state index is 0.166. The van der Waals surface area contributed by atoms with Gasteiger partial charge in [0, 0.05) is 25.8 Å². The molecule has 0 saturated carbocycles. The highest BCUT2D eigenvalue weighted by molar-refractivity contribution is 5.71. The van der Waals surface area contributed by atoms with Gasteiger partial charge in [-0.05, 0) is 23.6 Å². The van der Waals surface area contributed by atoms with Gasteiger partial charge in [-0.3, -0.25) is 9.69 Å². The van der Waals surface area contributed by atoms with Gasteiger partial charge >= 0.3 is 5.97 Å². The highest BCUT2D eigenvalue weighted by atomic mass is 16.4. The third-order valence-electron chi connectivity index (χ3n) is 3.35. The second-order valence-corrected chi connectivity index (χ2v) is 4.78. The molecular weight excluding hydrogens is 230 g/mol. The molecule has 1 aliphatic heterocycles. The van der Waals surface area contributed by atoms with Crippen molar-refractivity contribution in [3.8, 4) is 6.07 Å². The van der Waals surface area contributed by atoms with Gasteiger partial charge in [0.2, 0.25) is 0 Å². The first-order valence-corrected chi connectivity index (χ1v) is 5.90. The minimum atomic E-state index is -0.725. The van der Waals surface area contributed by atoms with Gasteiger partial charge in [0.05, 0.1) is 5.92 Å². The van der Waals surface area contributed by atoms with Crippen LogP contribution in [-0.2, 0) is 11.3 Å². The Morgan fingerprint density at radius 1 is 1.67 bits per heavy atom. The number of nitriles is 1. The van der Waals surface area contributed by atoms with Crippen LogP contribution >= 0.6 is 0 Å². The molecule has 1 fully saturated rings. The van der Waals surface area contributed by atoms with E-state index in [2.05, 4.69) is 9.88 Å². The quantitative estimate of drug-likeness (QED) is 0.863. The first-order valence-electron chi connectivity index (χ1n) is 5.90. The van der Waals surface area contributed by atoms with Crippen LogP contribution in [0.1, 0.15) is 18.2 Å². The maximum Gasteiger partial charge on any atom is 0.308 e. The van der Waals surface area contributed by atoms with Crippen molar-refractivity contribution in [2.75, 3.05) is 13.1 Å². The number of likely N-dealkylation sites (tertiary alicyclic amines) is 1. The van der Waals surface area contributed by atoms with Crippen LogP contribution in [0.15, 0.2) is 18.3 Å². The third-order valence-corrected chi connectivity index (χ3v) is 3.35. The number of carbonyl (C=O) groups is 1. The number of nitrogens with zero attached hydrogens (tertiary/aromatic N) is 3. The largest absolute Gasteiger partial charge is 0.481 e. The molecule has 2 unspecified atom stereocenters. The third kappa shape index (κ3) is 2.66. The molecule has 1 N–H and O–H groups in total. The van der Waals surface area contributed by atoms with E-state index in [1.807, 2.05) is 19.1 Å². The van der Waals surface area contributed by atoms with Gasteiger partial charge < -0.3 is 5.11 Å². The van der Waals surface area contributed by atoms with Crippen LogP contribution in [0.2, 0.25) is 0 Å². The molecule has 1 aromatic heterocycles. The average Bonchev–Trinajstić information content (AvgIpc) is 2.70. The Hall–Kier alpha value is -1.93. The van der Waals surface area contributed by atoms with E-state index in [0.29, 0.717) is 18.8 Å². The molecule has 0 aliphatic carbocycles. The van der Waals surface area contributed by atoms with Crippen molar-refractivity contribution in [1.82, 2.24) is 9.88 Å². The minimum Gasteiger partial charge on any atom is -0.481 e. The van der Waals surface area contributed by atoms with E-state index in [4.69, 9.17) is 10.4 Å². The van der Waals surface area contributed by atoms with Gasteiger partial charge in [-0.15, -0.1) is 0 Å². The molecule has 18 heavy (non-hydrogen) atoms. The van der Waals surface area contributed by atoms with Gasteiger partial charge in [0.25, 0.3) is 0 Å². The first kappa shape index (κ1) is 12.5. The number of pyridine rings is 1. The smallest absolute Gasteiger partial charge is 0.308 e. The van der Waals surface area contributed by atoms with Gasteiger partial charge in [-0.2, -0.15) is 5.26 Å². The number of hydrogen-bond acceptors (Lipinski definition) is 4. The molecular formula is C13H15N3O2. The lowest BCUT2D eigenvalue weighted by Gasteiger charge is -2.15. The highest BCUT2D eigenvalue weighted by Crippen LogP contribution is 2.24. The number of carboxylic acid groups (broad SMARTS) is 1. The molecule has 1 aliphatic rings. The van der Waals surface area contributed by atoms with E-state index in [0.717, 1.165) is 12.1 Å². The number of carboxylic acids is 1. The molecule has 0 aromatic carbocycles. The van der Waals surface area contributed by atoms with Gasteiger partial charge in [-0.25, -0.2) is 4.98 Å². The van der Waals surface area contributed by atoms with Gasteiger partial charge in [-0.1, -0.05) is 6.92 Å². The summed E-state index contributed by atoms with van der Waals surface area (Å²) in [6.45, 7) is 3.99. The molecule has 5 heteroatoms. The zero-order chi connectivity index (χ0) is 13.1. The van der Waals surface area contributed by atoms with Crippen molar-refractivity contribution in [2.24, 2.45) is 11.8 Å². The zero-order valence-corrected chi connectivity index (χ0v) is 10.2. The maximum absolute atomic E-state index is 11.0. The topological polar surface area (TPSA) is 77.2 Å². The van der Waals surface area contributed by atoms with Crippen LogP contribution < -0.4 is 0 Å². The summed E-state index contributed by atoms with van der Waals surface area (Å²) in [5, 5.41) is 17.8. The van der Waals surface area contributed by atoms with E-state index in [9.17, 15) is 4.79 Å². The molecule has 0 spiro atoms. The Morgan fingerprint density at radius 3 is 3.06 bits per heavy atom. The predicted molar refractivity (Wildman–Crippen MR) is 64.5 cm³/mol. The Kier molecular flexibility index (Phi) is 3.58. The molecule has 1 aromatic rings. The van der Waals surface area contributed by atoms with E-state index in [1.165, 1.54) is 0 Å². The lowest BCUT2D eigenvalue weighted by molar-refractivity contribution is -0.142. The number of hydrogen-bond donors (Lipinski definition) is 1. The summed E-state index contributed by atoms with van der Waals surface area (Å²) >= 11 is 0. The Bertz CT molecular complexity index is 495. The fraction of sp³-hybridized carbons (Fsp3) is 0.462. The molecule has 0 radical (unpaired) electrons. The van der Waals surface area contributed by atoms with Crippen molar-refractivity contribution >= 4 is 5.97 Å². The SMILES string of the molecule is CC1CN(Cc2ccnc(C#N)c2)CC1C(=O)O. The van der Waals surface area contributed by atoms with E-state index >= 15 is 0 Å². The van der Waals surface area contributed by atoms with Gasteiger partial charge in [0.15, 0.2) is 0 Å². The normalized spacial score (nSPS) is 23.8. The number of rotatable bonds is 3. The number of aliphatic carboxylic acids is 1. The zero-order valence-electron chi connectivity index (χ0n) is 10.2. The Balaban J connectivity index is 2.03. The van der Waals surface area contributed by atoms with Crippen molar-refractivity contribution in [3.63, 3.8) is 0 Å². The van der Waals surface area contributed by atoms with Crippen LogP contribution in [0.3, 0.4) is 0 Å². The summed E-state index contributed by atoms with van der Waals surface area (Å²) in [4.78, 5) is 17.1. The Morgan fingerprint density at radius 2 is 2.44 bits per heavy atom. The molecule has 2 heterocycles. The molecule has 0 bridgehead atoms. The van der Waals surface area contributed by atoms with Crippen LogP contribution in [0.25, 0.3) is 0 Å². The molecule has 2 atom stereocenters. The van der Waals surface area contributed by atoms with Gasteiger partial charge in [0.1, 0.15) is 11.8 Å². The fourth-order valence-corrected chi connectivity index (χ4v) is 2.41. The summed E-state index contributed by atoms with van der Waals surface area (Å²) in [6, 6.07) is 5.61. The lowest BCUT2D eigenvalue weighted by Crippen LogP contribution is -2.23. The lowest BCUT2D eigenvalue weighted by atomic mass is 9.99. The maximum atomic E-state index is 11.0. The molecule has 94 valence electrons. The molecule has 0 amide bonds. The fourth-order valence-electron chi connectivity index (χ4n) is 2.41. The first-order chi connectivity index (χ1) is 8.60. The summed E-state index contributed by atoms with van der Waals surface area (Å²) in [5.74, 6) is -0.848. The van der Waals surface area contributed by atoms with Crippen LogP contribution in [0.4, 0.5) is 0 Å². The predicted octanol–water partition coefficient (Wildman–Crippen LogP) is 1.11. The molecule has 2 rings (SSSR count). The van der Waals surface area contributed by atoms with Crippen molar-refractivity contribution < 1.29 is 9.90 Å². The average molecular weight is 245 g/mol. The second-order valence-electron chi connectivity index (χ2n) is 4.78. The number of aromatic nitrogens is 1. The Labute approximate surface area is 106 Å². The summed E-state index contributed by atoms with van der Waals surface area (Å²) in [6.07, 6.45) is 1.61. The monoisotopic (exact) mass is 245 g/mol. The van der Waals surface area contributed by atoms with Crippen molar-refractivity contribution in [3.05, 3.63) is 29.6 Å². The van der Waals surface area contributed by atoms with Crippen molar-refractivity contribution in [2.45, 2.75) is 13.5 Å². The van der Waals surface area contributed by atoms with E-state index in [-0.39, 0.29) is 11.8 Å². The molecule has 1 saturated heterocycles. The second kappa shape index (κ2) is 5.15. The highest BCUT2D eigenvalue weighted by Gasteiger charge is 2.34. The van der Waals surface area contributed by atoms with Crippen LogP contribution in [-0.4, -0.2) is 34.0 Å². The standard InChI is InChI=1S/C13H15N3O2/c1-9-6-16(8-12(9)13(17)18)7-10-2-3-15-11(4-10)5-14/h2-4,9,12H,6-8H2,1H3,(H,17,18). The molecule has 5 nitrogen and oxygen atoms in total. The summed E-state index contributed by atoms with van der Waals surface area (Å²) in [5.41, 5.74) is 1.40.